The van der Waals surface area contributed by atoms with Crippen LogP contribution in [0.3, 0.4) is 0 Å². The molecule has 0 aromatic rings. The first kappa shape index (κ1) is 15.3. The van der Waals surface area contributed by atoms with E-state index in [4.69, 9.17) is 9.47 Å². The third-order valence-electron chi connectivity index (χ3n) is 5.35. The molecule has 0 heterocycles. The van der Waals surface area contributed by atoms with Crippen LogP contribution in [0.4, 0.5) is 0 Å². The van der Waals surface area contributed by atoms with Crippen LogP contribution in [0.1, 0.15) is 59.3 Å². The highest BCUT2D eigenvalue weighted by Gasteiger charge is 2.56. The number of rotatable bonds is 7. The third-order valence-corrected chi connectivity index (χ3v) is 5.35. The van der Waals surface area contributed by atoms with Crippen molar-refractivity contribution < 1.29 is 9.47 Å². The Morgan fingerprint density at radius 3 is 2.53 bits per heavy atom. The lowest BCUT2D eigenvalue weighted by atomic mass is 9.60. The summed E-state index contributed by atoms with van der Waals surface area (Å²) in [5.74, 6) is 0. The molecule has 0 saturated heterocycles. The number of hydrogen-bond acceptors (Lipinski definition) is 3. The standard InChI is InChI=1S/C16H31NO2/c1-5-17-13-12-14(16(13)8-6-7-9-16)19-11-10-15(2,3)18-4/h13-14,17H,5-12H2,1-4H3. The van der Waals surface area contributed by atoms with Gasteiger partial charge in [0, 0.05) is 25.2 Å². The lowest BCUT2D eigenvalue weighted by Crippen LogP contribution is -2.62. The van der Waals surface area contributed by atoms with E-state index >= 15 is 0 Å². The van der Waals surface area contributed by atoms with Crippen LogP contribution in [-0.2, 0) is 9.47 Å². The molecular formula is C16H31NO2. The maximum atomic E-state index is 6.21. The molecule has 2 saturated carbocycles. The molecule has 0 aromatic heterocycles. The molecule has 2 rings (SSSR count). The highest BCUT2D eigenvalue weighted by atomic mass is 16.5. The Bertz CT molecular complexity index is 284. The van der Waals surface area contributed by atoms with Crippen molar-refractivity contribution in [2.24, 2.45) is 5.41 Å². The van der Waals surface area contributed by atoms with Gasteiger partial charge in [-0.1, -0.05) is 19.8 Å². The van der Waals surface area contributed by atoms with Gasteiger partial charge in [0.2, 0.25) is 0 Å². The molecule has 1 spiro atoms. The summed E-state index contributed by atoms with van der Waals surface area (Å²) >= 11 is 0. The minimum atomic E-state index is -0.0618. The molecule has 112 valence electrons. The van der Waals surface area contributed by atoms with Gasteiger partial charge in [0.05, 0.1) is 11.7 Å². The lowest BCUT2D eigenvalue weighted by molar-refractivity contribution is -0.142. The van der Waals surface area contributed by atoms with E-state index in [-0.39, 0.29) is 5.60 Å². The summed E-state index contributed by atoms with van der Waals surface area (Å²) in [4.78, 5) is 0. The highest BCUT2D eigenvalue weighted by Crippen LogP contribution is 2.54. The highest BCUT2D eigenvalue weighted by molar-refractivity contribution is 5.09. The van der Waals surface area contributed by atoms with Crippen molar-refractivity contribution in [1.29, 1.82) is 0 Å². The Hall–Kier alpha value is -0.120. The molecule has 2 aliphatic rings. The summed E-state index contributed by atoms with van der Waals surface area (Å²) in [5, 5.41) is 3.66. The fourth-order valence-electron chi connectivity index (χ4n) is 3.77. The van der Waals surface area contributed by atoms with E-state index < -0.39 is 0 Å². The van der Waals surface area contributed by atoms with Crippen LogP contribution in [0.2, 0.25) is 0 Å². The van der Waals surface area contributed by atoms with Crippen molar-refractivity contribution in [2.45, 2.75) is 77.0 Å². The van der Waals surface area contributed by atoms with Gasteiger partial charge in [0.25, 0.3) is 0 Å². The van der Waals surface area contributed by atoms with Gasteiger partial charge < -0.3 is 14.8 Å². The van der Waals surface area contributed by atoms with Crippen LogP contribution in [-0.4, -0.2) is 38.0 Å². The van der Waals surface area contributed by atoms with Crippen LogP contribution in [0.5, 0.6) is 0 Å². The maximum Gasteiger partial charge on any atom is 0.0661 e. The maximum absolute atomic E-state index is 6.21. The molecule has 2 unspecified atom stereocenters. The van der Waals surface area contributed by atoms with Gasteiger partial charge in [-0.15, -0.1) is 0 Å². The minimum absolute atomic E-state index is 0.0618. The molecule has 3 nitrogen and oxygen atoms in total. The van der Waals surface area contributed by atoms with Gasteiger partial charge in [-0.2, -0.15) is 0 Å². The van der Waals surface area contributed by atoms with Crippen LogP contribution in [0, 0.1) is 5.41 Å². The van der Waals surface area contributed by atoms with E-state index in [1.54, 1.807) is 7.11 Å². The first-order valence-electron chi connectivity index (χ1n) is 7.94. The van der Waals surface area contributed by atoms with Crippen LogP contribution >= 0.6 is 0 Å². The van der Waals surface area contributed by atoms with E-state index in [2.05, 4.69) is 26.1 Å². The second-order valence-electron chi connectivity index (χ2n) is 6.86. The van der Waals surface area contributed by atoms with E-state index in [9.17, 15) is 0 Å². The first-order valence-corrected chi connectivity index (χ1v) is 7.94. The Balaban J connectivity index is 1.81. The molecular weight excluding hydrogens is 238 g/mol. The summed E-state index contributed by atoms with van der Waals surface area (Å²) in [5.41, 5.74) is 0.390. The zero-order valence-corrected chi connectivity index (χ0v) is 13.1. The number of ether oxygens (including phenoxy) is 2. The van der Waals surface area contributed by atoms with Crippen molar-refractivity contribution >= 4 is 0 Å². The summed E-state index contributed by atoms with van der Waals surface area (Å²) in [6, 6.07) is 0.695. The Morgan fingerprint density at radius 1 is 1.26 bits per heavy atom. The predicted molar refractivity (Wildman–Crippen MR) is 78.4 cm³/mol. The number of methoxy groups -OCH3 is 1. The van der Waals surface area contributed by atoms with Crippen LogP contribution in [0.15, 0.2) is 0 Å². The molecule has 0 bridgehead atoms. The third kappa shape index (κ3) is 3.14. The largest absolute Gasteiger partial charge is 0.379 e. The summed E-state index contributed by atoms with van der Waals surface area (Å²) in [6.07, 6.45) is 8.11. The van der Waals surface area contributed by atoms with Gasteiger partial charge in [-0.3, -0.25) is 0 Å². The van der Waals surface area contributed by atoms with E-state index in [0.29, 0.717) is 17.6 Å². The number of nitrogens with one attached hydrogen (secondary N) is 1. The Labute approximate surface area is 118 Å². The van der Waals surface area contributed by atoms with Gasteiger partial charge in [0.1, 0.15) is 0 Å². The van der Waals surface area contributed by atoms with Gasteiger partial charge in [-0.25, -0.2) is 0 Å². The molecule has 2 atom stereocenters. The zero-order chi connectivity index (χ0) is 13.9. The fourth-order valence-corrected chi connectivity index (χ4v) is 3.77. The van der Waals surface area contributed by atoms with Crippen LogP contribution in [0.25, 0.3) is 0 Å². The van der Waals surface area contributed by atoms with Crippen molar-refractivity contribution in [3.63, 3.8) is 0 Å². The first-order chi connectivity index (χ1) is 9.04. The second-order valence-corrected chi connectivity index (χ2v) is 6.86. The average molecular weight is 269 g/mol. The zero-order valence-electron chi connectivity index (χ0n) is 13.1. The molecule has 19 heavy (non-hydrogen) atoms. The average Bonchev–Trinajstić information content (AvgIpc) is 2.89. The van der Waals surface area contributed by atoms with Crippen molar-refractivity contribution in [3.8, 4) is 0 Å². The quantitative estimate of drug-likeness (QED) is 0.770. The molecule has 2 aliphatic carbocycles. The van der Waals surface area contributed by atoms with E-state index in [1.807, 2.05) is 0 Å². The van der Waals surface area contributed by atoms with Gasteiger partial charge in [0.15, 0.2) is 0 Å². The molecule has 0 amide bonds. The molecule has 3 heteroatoms. The molecule has 1 N–H and O–H groups in total. The van der Waals surface area contributed by atoms with Gasteiger partial charge >= 0.3 is 0 Å². The Morgan fingerprint density at radius 2 is 1.95 bits per heavy atom. The SMILES string of the molecule is CCNC1CC(OCCC(C)(C)OC)C12CCCC2. The van der Waals surface area contributed by atoms with Crippen LogP contribution < -0.4 is 5.32 Å². The summed E-state index contributed by atoms with van der Waals surface area (Å²) in [6.45, 7) is 8.37. The van der Waals surface area contributed by atoms with Crippen molar-refractivity contribution in [1.82, 2.24) is 5.32 Å². The predicted octanol–water partition coefficient (Wildman–Crippen LogP) is 3.13. The van der Waals surface area contributed by atoms with Crippen molar-refractivity contribution in [3.05, 3.63) is 0 Å². The summed E-state index contributed by atoms with van der Waals surface area (Å²) < 4.78 is 11.7. The van der Waals surface area contributed by atoms with Crippen molar-refractivity contribution in [2.75, 3.05) is 20.3 Å². The minimum Gasteiger partial charge on any atom is -0.379 e. The monoisotopic (exact) mass is 269 g/mol. The second kappa shape index (κ2) is 6.11. The van der Waals surface area contributed by atoms with Gasteiger partial charge in [-0.05, 0) is 46.1 Å². The molecule has 0 aliphatic heterocycles. The lowest BCUT2D eigenvalue weighted by Gasteiger charge is -2.54. The normalized spacial score (nSPS) is 29.7. The molecule has 0 radical (unpaired) electrons. The molecule has 2 fully saturated rings. The number of hydrogen-bond donors (Lipinski definition) is 1. The molecule has 0 aromatic carbocycles. The van der Waals surface area contributed by atoms with E-state index in [0.717, 1.165) is 19.6 Å². The Kier molecular flexibility index (Phi) is 4.91. The topological polar surface area (TPSA) is 30.5 Å². The fraction of sp³-hybridized carbons (Fsp3) is 1.00. The van der Waals surface area contributed by atoms with E-state index in [1.165, 1.54) is 32.1 Å². The smallest absolute Gasteiger partial charge is 0.0661 e. The summed E-state index contributed by atoms with van der Waals surface area (Å²) in [7, 11) is 1.78.